The van der Waals surface area contributed by atoms with Gasteiger partial charge in [-0.2, -0.15) is 0 Å². The Kier molecular flexibility index (Phi) is 7.85. The molecule has 1 fully saturated rings. The molecule has 38 heavy (non-hydrogen) atoms. The van der Waals surface area contributed by atoms with Crippen LogP contribution in [0, 0.1) is 11.6 Å². The predicted molar refractivity (Wildman–Crippen MR) is 133 cm³/mol. The van der Waals surface area contributed by atoms with Gasteiger partial charge in [0.2, 0.25) is 0 Å². The van der Waals surface area contributed by atoms with Crippen LogP contribution in [0.5, 0.6) is 11.5 Å². The average molecular weight is 549 g/mol. The Morgan fingerprint density at radius 3 is 2.50 bits per heavy atom. The Bertz CT molecular complexity index is 1300. The van der Waals surface area contributed by atoms with E-state index in [0.29, 0.717) is 39.4 Å². The fourth-order valence-corrected chi connectivity index (χ4v) is 5.03. The molecule has 2 aliphatic heterocycles. The molecule has 0 radical (unpaired) electrons. The first kappa shape index (κ1) is 26.8. The third-order valence-electron chi connectivity index (χ3n) is 6.91. The molecule has 0 spiro atoms. The van der Waals surface area contributed by atoms with Crippen molar-refractivity contribution >= 4 is 11.6 Å². The fraction of sp³-hybridized carbons (Fsp3) is 0.357. The molecule has 6 atom stereocenters. The number of ether oxygens (including phenoxy) is 3. The van der Waals surface area contributed by atoms with E-state index >= 15 is 0 Å². The molecule has 4 N–H and O–H groups in total. The third kappa shape index (κ3) is 5.36. The van der Waals surface area contributed by atoms with E-state index in [1.165, 1.54) is 18.2 Å². The monoisotopic (exact) mass is 548 g/mol. The third-order valence-corrected chi connectivity index (χ3v) is 7.28. The quantitative estimate of drug-likeness (QED) is 0.359. The standard InChI is InChI=1S/C28H27ClF2O7/c29-19-6-5-15(28-27(35)26(34)25(33)24(12-32)38-28)10-16(19)8-14-4-7-23(21(31)9-14)36-13-17-11-18-20(30)2-1-3-22(18)37-17/h1-7,9-10,17,24-28,32-35H,8,11-13H2/t17?,24-,25-,26?,27-,28+/m1/s1. The van der Waals surface area contributed by atoms with Crippen molar-refractivity contribution in [3.05, 3.63) is 93.5 Å². The summed E-state index contributed by atoms with van der Waals surface area (Å²) in [4.78, 5) is 0. The number of halogens is 3. The number of hydrogen-bond donors (Lipinski definition) is 4. The summed E-state index contributed by atoms with van der Waals surface area (Å²) in [6, 6.07) is 14.0. The summed E-state index contributed by atoms with van der Waals surface area (Å²) < 4.78 is 45.7. The predicted octanol–water partition coefficient (Wildman–Crippen LogP) is 3.11. The average Bonchev–Trinajstić information content (AvgIpc) is 3.33. The van der Waals surface area contributed by atoms with Gasteiger partial charge in [-0.3, -0.25) is 0 Å². The molecule has 3 aromatic rings. The summed E-state index contributed by atoms with van der Waals surface area (Å²) in [5, 5.41) is 40.5. The lowest BCUT2D eigenvalue weighted by Gasteiger charge is -2.40. The second-order valence-electron chi connectivity index (χ2n) is 9.51. The van der Waals surface area contributed by atoms with E-state index < -0.39 is 49.0 Å². The first-order valence-corrected chi connectivity index (χ1v) is 12.6. The van der Waals surface area contributed by atoms with Crippen molar-refractivity contribution < 1.29 is 43.4 Å². The minimum Gasteiger partial charge on any atom is -0.487 e. The lowest BCUT2D eigenvalue weighted by molar-refractivity contribution is -0.231. The lowest BCUT2D eigenvalue weighted by Crippen LogP contribution is -2.55. The number of aliphatic hydroxyl groups is 4. The van der Waals surface area contributed by atoms with Gasteiger partial charge in [0.1, 0.15) is 54.8 Å². The van der Waals surface area contributed by atoms with E-state index in [0.717, 1.165) is 0 Å². The smallest absolute Gasteiger partial charge is 0.165 e. The second kappa shape index (κ2) is 11.1. The zero-order chi connectivity index (χ0) is 27.0. The molecule has 0 saturated carbocycles. The molecule has 2 heterocycles. The Hall–Kier alpha value is -2.79. The van der Waals surface area contributed by atoms with Crippen LogP contribution in [0.3, 0.4) is 0 Å². The van der Waals surface area contributed by atoms with Crippen LogP contribution in [-0.2, 0) is 17.6 Å². The van der Waals surface area contributed by atoms with Crippen LogP contribution >= 0.6 is 11.6 Å². The van der Waals surface area contributed by atoms with Gasteiger partial charge in [0.25, 0.3) is 0 Å². The zero-order valence-electron chi connectivity index (χ0n) is 20.1. The van der Waals surface area contributed by atoms with Crippen LogP contribution in [0.15, 0.2) is 54.6 Å². The molecule has 3 aromatic carbocycles. The van der Waals surface area contributed by atoms with Crippen molar-refractivity contribution in [2.24, 2.45) is 0 Å². The summed E-state index contributed by atoms with van der Waals surface area (Å²) in [6.45, 7) is -0.482. The maximum atomic E-state index is 14.9. The van der Waals surface area contributed by atoms with Gasteiger partial charge in [-0.1, -0.05) is 35.9 Å². The van der Waals surface area contributed by atoms with Crippen LogP contribution in [0.25, 0.3) is 0 Å². The topological polar surface area (TPSA) is 109 Å². The molecule has 2 aliphatic rings. The summed E-state index contributed by atoms with van der Waals surface area (Å²) >= 11 is 6.38. The molecule has 1 saturated heterocycles. The summed E-state index contributed by atoms with van der Waals surface area (Å²) in [6.07, 6.45) is -6.28. The van der Waals surface area contributed by atoms with E-state index in [1.54, 1.807) is 36.4 Å². The molecule has 0 aliphatic carbocycles. The molecular formula is C28H27ClF2O7. The van der Waals surface area contributed by atoms with Crippen LogP contribution < -0.4 is 9.47 Å². The largest absolute Gasteiger partial charge is 0.487 e. The summed E-state index contributed by atoms with van der Waals surface area (Å²) in [5.41, 5.74) is 2.19. The molecule has 2 unspecified atom stereocenters. The molecule has 5 rings (SSSR count). The minimum absolute atomic E-state index is 0.0370. The number of aliphatic hydroxyl groups excluding tert-OH is 4. The number of benzene rings is 3. The Morgan fingerprint density at radius 1 is 0.947 bits per heavy atom. The molecular weight excluding hydrogens is 522 g/mol. The van der Waals surface area contributed by atoms with Crippen molar-refractivity contribution in [3.8, 4) is 11.5 Å². The van der Waals surface area contributed by atoms with Gasteiger partial charge < -0.3 is 34.6 Å². The number of hydrogen-bond acceptors (Lipinski definition) is 7. The minimum atomic E-state index is -1.51. The van der Waals surface area contributed by atoms with Gasteiger partial charge in [0, 0.05) is 17.0 Å². The Balaban J connectivity index is 1.26. The lowest BCUT2D eigenvalue weighted by atomic mass is 9.90. The normalized spacial score (nSPS) is 26.6. The van der Waals surface area contributed by atoms with Gasteiger partial charge >= 0.3 is 0 Å². The second-order valence-corrected chi connectivity index (χ2v) is 9.92. The SMILES string of the molecule is OC[C@H]1O[C@@H](c2ccc(Cl)c(Cc3ccc(OCC4Cc5c(F)cccc5O4)c(F)c3)c2)[C@H](O)C(O)[C@@H]1O. The zero-order valence-corrected chi connectivity index (χ0v) is 20.9. The molecule has 0 amide bonds. The van der Waals surface area contributed by atoms with E-state index in [9.17, 15) is 29.2 Å². The van der Waals surface area contributed by atoms with Gasteiger partial charge in [-0.05, 0) is 53.4 Å². The van der Waals surface area contributed by atoms with Crippen molar-refractivity contribution in [3.63, 3.8) is 0 Å². The van der Waals surface area contributed by atoms with Crippen molar-refractivity contribution in [2.75, 3.05) is 13.2 Å². The van der Waals surface area contributed by atoms with Crippen molar-refractivity contribution in [1.29, 1.82) is 0 Å². The summed E-state index contributed by atoms with van der Waals surface area (Å²) in [5.74, 6) is -0.410. The maximum absolute atomic E-state index is 14.9. The molecule has 0 aromatic heterocycles. The van der Waals surface area contributed by atoms with Crippen molar-refractivity contribution in [2.45, 2.75) is 49.5 Å². The molecule has 202 valence electrons. The van der Waals surface area contributed by atoms with Crippen LogP contribution in [0.2, 0.25) is 5.02 Å². The molecule has 0 bridgehead atoms. The van der Waals surface area contributed by atoms with Crippen LogP contribution in [0.1, 0.15) is 28.4 Å². The van der Waals surface area contributed by atoms with Crippen LogP contribution in [0.4, 0.5) is 8.78 Å². The summed E-state index contributed by atoms with van der Waals surface area (Å²) in [7, 11) is 0. The van der Waals surface area contributed by atoms with Crippen LogP contribution in [-0.4, -0.2) is 64.2 Å². The van der Waals surface area contributed by atoms with Gasteiger partial charge in [0.15, 0.2) is 11.6 Å². The number of rotatable bonds is 7. The first-order valence-electron chi connectivity index (χ1n) is 12.2. The van der Waals surface area contributed by atoms with E-state index in [-0.39, 0.29) is 24.6 Å². The van der Waals surface area contributed by atoms with Gasteiger partial charge in [-0.15, -0.1) is 0 Å². The Morgan fingerprint density at radius 2 is 1.76 bits per heavy atom. The molecule has 10 heteroatoms. The highest BCUT2D eigenvalue weighted by Crippen LogP contribution is 2.35. The van der Waals surface area contributed by atoms with E-state index in [4.69, 9.17) is 25.8 Å². The van der Waals surface area contributed by atoms with Gasteiger partial charge in [-0.25, -0.2) is 8.78 Å². The fourth-order valence-electron chi connectivity index (χ4n) is 4.85. The highest BCUT2D eigenvalue weighted by molar-refractivity contribution is 6.31. The maximum Gasteiger partial charge on any atom is 0.165 e. The highest BCUT2D eigenvalue weighted by atomic mass is 35.5. The van der Waals surface area contributed by atoms with E-state index in [2.05, 4.69) is 0 Å². The first-order chi connectivity index (χ1) is 18.2. The number of fused-ring (bicyclic) bond motifs is 1. The Labute approximate surface area is 222 Å². The van der Waals surface area contributed by atoms with Gasteiger partial charge in [0.05, 0.1) is 6.61 Å². The highest BCUT2D eigenvalue weighted by Gasteiger charge is 2.44. The van der Waals surface area contributed by atoms with E-state index in [1.807, 2.05) is 0 Å². The molecule has 7 nitrogen and oxygen atoms in total. The van der Waals surface area contributed by atoms with Crippen molar-refractivity contribution in [1.82, 2.24) is 0 Å².